The Bertz CT molecular complexity index is 555. The van der Waals surface area contributed by atoms with Crippen molar-refractivity contribution in [1.29, 1.82) is 0 Å². The maximum absolute atomic E-state index is 9.19. The fourth-order valence-electron chi connectivity index (χ4n) is 2.57. The van der Waals surface area contributed by atoms with Crippen LogP contribution in [0.25, 0.3) is 10.9 Å². The number of aliphatic hydroxyl groups excluding tert-OH is 1. The van der Waals surface area contributed by atoms with E-state index in [2.05, 4.69) is 31.4 Å². The van der Waals surface area contributed by atoms with Crippen LogP contribution in [0.4, 0.5) is 5.69 Å². The molecule has 1 aromatic heterocycles. The van der Waals surface area contributed by atoms with Gasteiger partial charge in [0.1, 0.15) is 0 Å². The molecule has 1 aromatic carbocycles. The smallest absolute Gasteiger partial charge is 0.0610 e. The van der Waals surface area contributed by atoms with Gasteiger partial charge >= 0.3 is 0 Å². The first-order valence-corrected chi connectivity index (χ1v) is 6.09. The van der Waals surface area contributed by atoms with E-state index in [0.717, 1.165) is 17.5 Å². The summed E-state index contributed by atoms with van der Waals surface area (Å²) in [6, 6.07) is 4.07. The van der Waals surface area contributed by atoms with Crippen molar-refractivity contribution in [3.05, 3.63) is 29.0 Å². The molecule has 0 saturated heterocycles. The molecule has 0 fully saturated rings. The molecular weight excluding hydrogens is 212 g/mol. The molecule has 0 unspecified atom stereocenters. The monoisotopic (exact) mass is 232 g/mol. The standard InChI is InChI=1S/C14H20N2O/c1-4-11-5-6-12(15)13-9(2)10(3)16(7-8-17)14(11)13/h5-6,17H,4,7-8,15H2,1-3H3. The summed E-state index contributed by atoms with van der Waals surface area (Å²) in [6.45, 7) is 7.12. The Morgan fingerprint density at radius 2 is 2.00 bits per heavy atom. The predicted octanol–water partition coefficient (Wildman–Crippen LogP) is 2.40. The summed E-state index contributed by atoms with van der Waals surface area (Å²) in [5.41, 5.74) is 11.8. The third-order valence-electron chi connectivity index (χ3n) is 3.59. The molecule has 1 heterocycles. The van der Waals surface area contributed by atoms with E-state index in [9.17, 15) is 5.11 Å². The Morgan fingerprint density at radius 1 is 1.29 bits per heavy atom. The van der Waals surface area contributed by atoms with Crippen LogP contribution in [0.5, 0.6) is 0 Å². The second kappa shape index (κ2) is 4.41. The van der Waals surface area contributed by atoms with Gasteiger partial charge in [-0.15, -0.1) is 0 Å². The Kier molecular flexibility index (Phi) is 3.11. The van der Waals surface area contributed by atoms with E-state index in [1.165, 1.54) is 22.3 Å². The minimum Gasteiger partial charge on any atom is -0.398 e. The summed E-state index contributed by atoms with van der Waals surface area (Å²) >= 11 is 0. The average Bonchev–Trinajstić information content (AvgIpc) is 2.57. The SMILES string of the molecule is CCc1ccc(N)c2c(C)c(C)n(CCO)c12. The molecule has 0 spiro atoms. The van der Waals surface area contributed by atoms with Crippen LogP contribution < -0.4 is 5.73 Å². The van der Waals surface area contributed by atoms with Crippen molar-refractivity contribution in [3.63, 3.8) is 0 Å². The third-order valence-corrected chi connectivity index (χ3v) is 3.59. The maximum atomic E-state index is 9.19. The van der Waals surface area contributed by atoms with E-state index in [-0.39, 0.29) is 6.61 Å². The molecule has 3 nitrogen and oxygen atoms in total. The van der Waals surface area contributed by atoms with Gasteiger partial charge in [-0.3, -0.25) is 0 Å². The number of nitrogens with zero attached hydrogens (tertiary/aromatic N) is 1. The van der Waals surface area contributed by atoms with E-state index in [0.29, 0.717) is 6.54 Å². The van der Waals surface area contributed by atoms with Crippen LogP contribution in [0.1, 0.15) is 23.7 Å². The van der Waals surface area contributed by atoms with Crippen molar-refractivity contribution in [1.82, 2.24) is 4.57 Å². The van der Waals surface area contributed by atoms with Crippen molar-refractivity contribution < 1.29 is 5.11 Å². The molecule has 17 heavy (non-hydrogen) atoms. The molecular formula is C14H20N2O. The average molecular weight is 232 g/mol. The van der Waals surface area contributed by atoms with Gasteiger partial charge in [-0.05, 0) is 37.5 Å². The number of nitrogens with two attached hydrogens (primary N) is 1. The second-order valence-corrected chi connectivity index (χ2v) is 4.48. The lowest BCUT2D eigenvalue weighted by molar-refractivity contribution is 0.277. The summed E-state index contributed by atoms with van der Waals surface area (Å²) in [5.74, 6) is 0. The van der Waals surface area contributed by atoms with Crippen molar-refractivity contribution in [2.24, 2.45) is 0 Å². The Balaban J connectivity index is 2.88. The van der Waals surface area contributed by atoms with Gasteiger partial charge in [0.15, 0.2) is 0 Å². The highest BCUT2D eigenvalue weighted by Gasteiger charge is 2.15. The normalized spacial score (nSPS) is 11.3. The number of anilines is 1. The number of nitrogen functional groups attached to an aromatic ring is 1. The highest BCUT2D eigenvalue weighted by molar-refractivity contribution is 5.97. The molecule has 2 rings (SSSR count). The van der Waals surface area contributed by atoms with Gasteiger partial charge in [0.25, 0.3) is 0 Å². The molecule has 0 amide bonds. The predicted molar refractivity (Wildman–Crippen MR) is 72.3 cm³/mol. The number of aryl methyl sites for hydroxylation is 2. The topological polar surface area (TPSA) is 51.2 Å². The number of rotatable bonds is 3. The van der Waals surface area contributed by atoms with E-state index >= 15 is 0 Å². The lowest BCUT2D eigenvalue weighted by Crippen LogP contribution is -2.05. The summed E-state index contributed by atoms with van der Waals surface area (Å²) in [4.78, 5) is 0. The molecule has 0 bridgehead atoms. The van der Waals surface area contributed by atoms with Gasteiger partial charge in [-0.1, -0.05) is 13.0 Å². The zero-order chi connectivity index (χ0) is 12.6. The summed E-state index contributed by atoms with van der Waals surface area (Å²) in [5, 5.41) is 10.3. The van der Waals surface area contributed by atoms with Gasteiger partial charge in [0.2, 0.25) is 0 Å². The van der Waals surface area contributed by atoms with Crippen LogP contribution >= 0.6 is 0 Å². The molecule has 2 aromatic rings. The fraction of sp³-hybridized carbons (Fsp3) is 0.429. The van der Waals surface area contributed by atoms with E-state index in [4.69, 9.17) is 5.73 Å². The van der Waals surface area contributed by atoms with Crippen LogP contribution in [-0.2, 0) is 13.0 Å². The highest BCUT2D eigenvalue weighted by atomic mass is 16.3. The van der Waals surface area contributed by atoms with E-state index in [1.54, 1.807) is 0 Å². The quantitative estimate of drug-likeness (QED) is 0.798. The van der Waals surface area contributed by atoms with Crippen LogP contribution in [0.2, 0.25) is 0 Å². The number of fused-ring (bicyclic) bond motifs is 1. The molecule has 0 aliphatic carbocycles. The second-order valence-electron chi connectivity index (χ2n) is 4.48. The van der Waals surface area contributed by atoms with Crippen molar-refractivity contribution in [2.45, 2.75) is 33.7 Å². The van der Waals surface area contributed by atoms with Gasteiger partial charge in [-0.2, -0.15) is 0 Å². The lowest BCUT2D eigenvalue weighted by atomic mass is 10.1. The largest absolute Gasteiger partial charge is 0.398 e. The number of aromatic nitrogens is 1. The van der Waals surface area contributed by atoms with Gasteiger partial charge in [-0.25, -0.2) is 0 Å². The van der Waals surface area contributed by atoms with Crippen LogP contribution in [0.15, 0.2) is 12.1 Å². The van der Waals surface area contributed by atoms with Gasteiger partial charge in [0, 0.05) is 23.3 Å². The zero-order valence-electron chi connectivity index (χ0n) is 10.7. The molecule has 0 saturated carbocycles. The molecule has 3 N–H and O–H groups in total. The summed E-state index contributed by atoms with van der Waals surface area (Å²) in [6.07, 6.45) is 0.977. The number of benzene rings is 1. The molecule has 0 aliphatic heterocycles. The van der Waals surface area contributed by atoms with Crippen molar-refractivity contribution in [2.75, 3.05) is 12.3 Å². The van der Waals surface area contributed by atoms with Crippen molar-refractivity contribution >= 4 is 16.6 Å². The fourth-order valence-corrected chi connectivity index (χ4v) is 2.57. The van der Waals surface area contributed by atoms with Gasteiger partial charge in [0.05, 0.1) is 12.1 Å². The minimum atomic E-state index is 0.155. The third kappa shape index (κ3) is 1.71. The first-order valence-electron chi connectivity index (χ1n) is 6.09. The van der Waals surface area contributed by atoms with Crippen LogP contribution in [0.3, 0.4) is 0 Å². The zero-order valence-corrected chi connectivity index (χ0v) is 10.7. The molecule has 0 aliphatic rings. The van der Waals surface area contributed by atoms with Crippen LogP contribution in [-0.4, -0.2) is 16.3 Å². The highest BCUT2D eigenvalue weighted by Crippen LogP contribution is 2.32. The van der Waals surface area contributed by atoms with E-state index < -0.39 is 0 Å². The molecule has 92 valence electrons. The Labute approximate surface area is 102 Å². The summed E-state index contributed by atoms with van der Waals surface area (Å²) < 4.78 is 2.18. The Morgan fingerprint density at radius 3 is 2.59 bits per heavy atom. The van der Waals surface area contributed by atoms with Crippen molar-refractivity contribution in [3.8, 4) is 0 Å². The minimum absolute atomic E-state index is 0.155. The van der Waals surface area contributed by atoms with Crippen LogP contribution in [0, 0.1) is 13.8 Å². The maximum Gasteiger partial charge on any atom is 0.0610 e. The number of hydrogen-bond acceptors (Lipinski definition) is 2. The first-order chi connectivity index (χ1) is 8.11. The van der Waals surface area contributed by atoms with Gasteiger partial charge < -0.3 is 15.4 Å². The number of hydrogen-bond donors (Lipinski definition) is 2. The lowest BCUT2D eigenvalue weighted by Gasteiger charge is -2.10. The number of aliphatic hydroxyl groups is 1. The molecule has 0 radical (unpaired) electrons. The first kappa shape index (κ1) is 12.0. The van der Waals surface area contributed by atoms with E-state index in [1.807, 2.05) is 6.07 Å². The summed E-state index contributed by atoms with van der Waals surface area (Å²) in [7, 11) is 0. The molecule has 0 atom stereocenters. The molecule has 3 heteroatoms. The Hall–Kier alpha value is -1.48.